The number of benzene rings is 1. The van der Waals surface area contributed by atoms with E-state index in [1.165, 1.54) is 31.4 Å². The molecule has 23 heavy (non-hydrogen) atoms. The van der Waals surface area contributed by atoms with E-state index in [0.717, 1.165) is 4.68 Å². The van der Waals surface area contributed by atoms with Crippen molar-refractivity contribution in [2.45, 2.75) is 18.7 Å². The van der Waals surface area contributed by atoms with Crippen molar-refractivity contribution in [2.75, 3.05) is 11.3 Å². The highest BCUT2D eigenvalue weighted by Gasteiger charge is 2.15. The van der Waals surface area contributed by atoms with Crippen molar-refractivity contribution < 1.29 is 13.2 Å². The van der Waals surface area contributed by atoms with Crippen LogP contribution >= 0.6 is 0 Å². The van der Waals surface area contributed by atoms with Gasteiger partial charge in [0.25, 0.3) is 15.6 Å². The molecule has 2 rings (SSSR count). The average molecular weight is 337 g/mol. The summed E-state index contributed by atoms with van der Waals surface area (Å²) in [6.07, 6.45) is 1.28. The molecule has 0 amide bonds. The van der Waals surface area contributed by atoms with Gasteiger partial charge in [-0.15, -0.1) is 0 Å². The first-order valence-corrected chi connectivity index (χ1v) is 8.55. The molecule has 0 aliphatic carbocycles. The number of nitrogens with zero attached hydrogens (tertiary/aromatic N) is 2. The molecule has 1 aromatic heterocycles. The van der Waals surface area contributed by atoms with Gasteiger partial charge in [0.2, 0.25) is 0 Å². The van der Waals surface area contributed by atoms with Crippen LogP contribution in [-0.4, -0.2) is 24.8 Å². The largest absolute Gasteiger partial charge is 0.493 e. The Balaban J connectivity index is 2.15. The van der Waals surface area contributed by atoms with Gasteiger partial charge in [0.05, 0.1) is 23.4 Å². The number of hydrogen-bond acceptors (Lipinski definition) is 5. The van der Waals surface area contributed by atoms with Gasteiger partial charge in [-0.3, -0.25) is 9.52 Å². The van der Waals surface area contributed by atoms with E-state index >= 15 is 0 Å². The van der Waals surface area contributed by atoms with Crippen molar-refractivity contribution >= 4 is 15.7 Å². The quantitative estimate of drug-likeness (QED) is 0.865. The van der Waals surface area contributed by atoms with Crippen molar-refractivity contribution in [1.82, 2.24) is 9.78 Å². The summed E-state index contributed by atoms with van der Waals surface area (Å²) in [5, 5.41) is 3.77. The second kappa shape index (κ2) is 6.82. The topological polar surface area (TPSA) is 90.3 Å². The lowest BCUT2D eigenvalue weighted by Gasteiger charge is -2.10. The first-order chi connectivity index (χ1) is 10.8. The number of aryl methyl sites for hydroxylation is 1. The molecule has 2 aromatic rings. The van der Waals surface area contributed by atoms with Gasteiger partial charge in [0.15, 0.2) is 0 Å². The van der Waals surface area contributed by atoms with Gasteiger partial charge in [0, 0.05) is 13.1 Å². The lowest BCUT2D eigenvalue weighted by atomic mass is 10.2. The van der Waals surface area contributed by atoms with Crippen LogP contribution in [0.5, 0.6) is 5.75 Å². The molecular formula is C15H19N3O4S. The van der Waals surface area contributed by atoms with Crippen LogP contribution in [0.3, 0.4) is 0 Å². The molecule has 0 unspecified atom stereocenters. The summed E-state index contributed by atoms with van der Waals surface area (Å²) < 4.78 is 33.5. The lowest BCUT2D eigenvalue weighted by Crippen LogP contribution is -2.21. The van der Waals surface area contributed by atoms with Gasteiger partial charge < -0.3 is 4.74 Å². The zero-order chi connectivity index (χ0) is 17.0. The maximum atomic E-state index is 12.3. The number of rotatable bonds is 6. The summed E-state index contributed by atoms with van der Waals surface area (Å²) in [6.45, 7) is 4.62. The maximum Gasteiger partial charge on any atom is 0.268 e. The number of sulfonamides is 1. The highest BCUT2D eigenvalue weighted by Crippen LogP contribution is 2.18. The Morgan fingerprint density at radius 2 is 1.91 bits per heavy atom. The molecule has 0 fully saturated rings. The predicted octanol–water partition coefficient (Wildman–Crippen LogP) is 1.62. The normalized spacial score (nSPS) is 11.5. The van der Waals surface area contributed by atoms with Crippen LogP contribution in [0.25, 0.3) is 0 Å². The Bertz CT molecular complexity index is 827. The molecule has 8 heteroatoms. The van der Waals surface area contributed by atoms with E-state index in [0.29, 0.717) is 18.3 Å². The Morgan fingerprint density at radius 3 is 2.48 bits per heavy atom. The van der Waals surface area contributed by atoms with E-state index in [1.54, 1.807) is 12.1 Å². The third-order valence-corrected chi connectivity index (χ3v) is 4.33. The summed E-state index contributed by atoms with van der Waals surface area (Å²) in [5.41, 5.74) is -0.282. The standard InChI is InChI=1S/C15H19N3O4S/c1-11(2)10-22-13-4-6-14(7-5-13)23(20,21)17-12-8-15(19)18(3)16-9-12/h4-9,11,17H,10H2,1-3H3. The number of hydrogen-bond donors (Lipinski definition) is 1. The molecule has 0 atom stereocenters. The fourth-order valence-corrected chi connectivity index (χ4v) is 2.75. The van der Waals surface area contributed by atoms with Crippen LogP contribution in [0.4, 0.5) is 5.69 Å². The van der Waals surface area contributed by atoms with E-state index in [9.17, 15) is 13.2 Å². The maximum absolute atomic E-state index is 12.3. The fraction of sp³-hybridized carbons (Fsp3) is 0.333. The molecule has 0 radical (unpaired) electrons. The van der Waals surface area contributed by atoms with Crippen molar-refractivity contribution in [3.05, 3.63) is 46.9 Å². The molecule has 0 saturated heterocycles. The molecule has 7 nitrogen and oxygen atoms in total. The highest BCUT2D eigenvalue weighted by atomic mass is 32.2. The van der Waals surface area contributed by atoms with Crippen molar-refractivity contribution in [3.8, 4) is 5.75 Å². The molecule has 1 heterocycles. The Labute approximate surface area is 135 Å². The molecular weight excluding hydrogens is 318 g/mol. The van der Waals surface area contributed by atoms with Crippen LogP contribution in [-0.2, 0) is 17.1 Å². The Kier molecular flexibility index (Phi) is 5.05. The zero-order valence-electron chi connectivity index (χ0n) is 13.2. The predicted molar refractivity (Wildman–Crippen MR) is 87.1 cm³/mol. The van der Waals surface area contributed by atoms with Crippen LogP contribution in [0.1, 0.15) is 13.8 Å². The second-order valence-electron chi connectivity index (χ2n) is 5.49. The van der Waals surface area contributed by atoms with Gasteiger partial charge in [0.1, 0.15) is 5.75 Å². The van der Waals surface area contributed by atoms with Gasteiger partial charge in [-0.25, -0.2) is 13.1 Å². The smallest absolute Gasteiger partial charge is 0.268 e. The average Bonchev–Trinajstić information content (AvgIpc) is 2.49. The molecule has 0 spiro atoms. The van der Waals surface area contributed by atoms with Gasteiger partial charge in [-0.05, 0) is 30.2 Å². The van der Waals surface area contributed by atoms with Crippen LogP contribution in [0, 0.1) is 5.92 Å². The third-order valence-electron chi connectivity index (χ3n) is 2.94. The third kappa shape index (κ3) is 4.56. The van der Waals surface area contributed by atoms with Gasteiger partial charge in [-0.2, -0.15) is 5.10 Å². The molecule has 0 aliphatic rings. The molecule has 0 aliphatic heterocycles. The number of ether oxygens (including phenoxy) is 1. The summed E-state index contributed by atoms with van der Waals surface area (Å²) in [7, 11) is -2.30. The second-order valence-corrected chi connectivity index (χ2v) is 7.17. The summed E-state index contributed by atoms with van der Waals surface area (Å²) in [4.78, 5) is 11.6. The number of anilines is 1. The van der Waals surface area contributed by atoms with E-state index in [2.05, 4.69) is 9.82 Å². The zero-order valence-corrected chi connectivity index (χ0v) is 14.0. The minimum atomic E-state index is -3.78. The SMILES string of the molecule is CC(C)COc1ccc(S(=O)(=O)Nc2cnn(C)c(=O)c2)cc1. The van der Waals surface area contributed by atoms with E-state index in [1.807, 2.05) is 13.8 Å². The minimum Gasteiger partial charge on any atom is -0.493 e. The first-order valence-electron chi connectivity index (χ1n) is 7.07. The van der Waals surface area contributed by atoms with Crippen LogP contribution < -0.4 is 15.0 Å². The Morgan fingerprint density at radius 1 is 1.26 bits per heavy atom. The van der Waals surface area contributed by atoms with Gasteiger partial charge >= 0.3 is 0 Å². The van der Waals surface area contributed by atoms with Crippen LogP contribution in [0.15, 0.2) is 46.2 Å². The first kappa shape index (κ1) is 17.0. The summed E-state index contributed by atoms with van der Waals surface area (Å²) in [6, 6.07) is 7.27. The van der Waals surface area contributed by atoms with E-state index in [4.69, 9.17) is 4.74 Å². The molecule has 1 N–H and O–H groups in total. The Hall–Kier alpha value is -2.35. The fourth-order valence-electron chi connectivity index (χ4n) is 1.72. The monoisotopic (exact) mass is 337 g/mol. The molecule has 124 valence electrons. The van der Waals surface area contributed by atoms with E-state index < -0.39 is 15.6 Å². The van der Waals surface area contributed by atoms with E-state index in [-0.39, 0.29) is 10.6 Å². The minimum absolute atomic E-state index is 0.0788. The van der Waals surface area contributed by atoms with Crippen molar-refractivity contribution in [1.29, 1.82) is 0 Å². The molecule has 0 bridgehead atoms. The summed E-state index contributed by atoms with van der Waals surface area (Å²) in [5.74, 6) is 0.987. The van der Waals surface area contributed by atoms with Crippen LogP contribution in [0.2, 0.25) is 0 Å². The highest BCUT2D eigenvalue weighted by molar-refractivity contribution is 7.92. The molecule has 0 saturated carbocycles. The number of aromatic nitrogens is 2. The van der Waals surface area contributed by atoms with Gasteiger partial charge in [-0.1, -0.05) is 13.8 Å². The summed E-state index contributed by atoms with van der Waals surface area (Å²) >= 11 is 0. The molecule has 1 aromatic carbocycles. The lowest BCUT2D eigenvalue weighted by molar-refractivity contribution is 0.271. The van der Waals surface area contributed by atoms with Crippen molar-refractivity contribution in [3.63, 3.8) is 0 Å². The van der Waals surface area contributed by atoms with Crippen molar-refractivity contribution in [2.24, 2.45) is 13.0 Å². The number of nitrogens with one attached hydrogen (secondary N) is 1.